The Bertz CT molecular complexity index is 519. The van der Waals surface area contributed by atoms with E-state index >= 15 is 0 Å². The van der Waals surface area contributed by atoms with Gasteiger partial charge in [-0.3, -0.25) is 0 Å². The van der Waals surface area contributed by atoms with Gasteiger partial charge in [-0.1, -0.05) is 0 Å². The largest absolute Gasteiger partial charge is 0.476 e. The first-order chi connectivity index (χ1) is 8.03. The molecule has 0 saturated carbocycles. The number of aromatic nitrogens is 1. The number of thiazole rings is 1. The van der Waals surface area contributed by atoms with Gasteiger partial charge in [0, 0.05) is 26.2 Å². The maximum absolute atomic E-state index is 12.2. The van der Waals surface area contributed by atoms with Crippen LogP contribution in [0.25, 0.3) is 0 Å². The lowest BCUT2D eigenvalue weighted by molar-refractivity contribution is 0.0687. The molecular formula is C8H11N3O4S2. The van der Waals surface area contributed by atoms with Gasteiger partial charge in [-0.2, -0.15) is 4.31 Å². The molecular weight excluding hydrogens is 266 g/mol. The van der Waals surface area contributed by atoms with Crippen molar-refractivity contribution in [1.29, 1.82) is 0 Å². The maximum Gasteiger partial charge on any atom is 0.356 e. The number of carboxylic acids is 1. The van der Waals surface area contributed by atoms with Gasteiger partial charge < -0.3 is 10.4 Å². The highest BCUT2D eigenvalue weighted by Gasteiger charge is 2.32. The molecule has 0 amide bonds. The molecule has 0 bridgehead atoms. The Morgan fingerprint density at radius 3 is 2.71 bits per heavy atom. The molecule has 0 radical (unpaired) electrons. The lowest BCUT2D eigenvalue weighted by atomic mass is 10.4. The van der Waals surface area contributed by atoms with Gasteiger partial charge in [0.05, 0.1) is 5.51 Å². The van der Waals surface area contributed by atoms with Crippen LogP contribution in [0.4, 0.5) is 0 Å². The van der Waals surface area contributed by atoms with E-state index in [1.165, 1.54) is 9.82 Å². The van der Waals surface area contributed by atoms with Gasteiger partial charge in [0.2, 0.25) is 0 Å². The summed E-state index contributed by atoms with van der Waals surface area (Å²) in [5.74, 6) is -1.32. The van der Waals surface area contributed by atoms with Crippen LogP contribution in [0.1, 0.15) is 10.5 Å². The van der Waals surface area contributed by atoms with Gasteiger partial charge in [-0.15, -0.1) is 11.3 Å². The smallest absolute Gasteiger partial charge is 0.356 e. The molecule has 94 valence electrons. The molecule has 7 nitrogen and oxygen atoms in total. The van der Waals surface area contributed by atoms with Crippen molar-refractivity contribution in [2.24, 2.45) is 0 Å². The van der Waals surface area contributed by atoms with Crippen molar-refractivity contribution in [3.05, 3.63) is 11.2 Å². The Kier molecular flexibility index (Phi) is 3.43. The van der Waals surface area contributed by atoms with Crippen LogP contribution in [0.2, 0.25) is 0 Å². The van der Waals surface area contributed by atoms with Gasteiger partial charge in [0.25, 0.3) is 10.0 Å². The van der Waals surface area contributed by atoms with E-state index in [1.807, 2.05) is 0 Å². The number of carbonyl (C=O) groups is 1. The van der Waals surface area contributed by atoms with Crippen LogP contribution in [-0.4, -0.2) is 55.0 Å². The summed E-state index contributed by atoms with van der Waals surface area (Å²) < 4.78 is 25.5. The Labute approximate surface area is 102 Å². The third kappa shape index (κ3) is 2.32. The Balaban J connectivity index is 2.37. The molecule has 1 aromatic heterocycles. The van der Waals surface area contributed by atoms with Crippen LogP contribution < -0.4 is 5.32 Å². The zero-order chi connectivity index (χ0) is 12.5. The number of nitrogens with one attached hydrogen (secondary N) is 1. The van der Waals surface area contributed by atoms with E-state index in [1.54, 1.807) is 0 Å². The van der Waals surface area contributed by atoms with E-state index in [-0.39, 0.29) is 4.21 Å². The predicted octanol–water partition coefficient (Wildman–Crippen LogP) is -0.565. The normalized spacial score (nSPS) is 18.1. The fraction of sp³-hybridized carbons (Fsp3) is 0.500. The monoisotopic (exact) mass is 277 g/mol. The van der Waals surface area contributed by atoms with E-state index < -0.39 is 21.7 Å². The summed E-state index contributed by atoms with van der Waals surface area (Å²) in [7, 11) is -3.73. The van der Waals surface area contributed by atoms with Gasteiger partial charge in [-0.25, -0.2) is 18.2 Å². The fourth-order valence-electron chi connectivity index (χ4n) is 1.56. The maximum atomic E-state index is 12.2. The highest BCUT2D eigenvalue weighted by molar-refractivity contribution is 7.91. The number of hydrogen-bond acceptors (Lipinski definition) is 6. The van der Waals surface area contributed by atoms with Crippen molar-refractivity contribution < 1.29 is 18.3 Å². The molecule has 0 aromatic carbocycles. The third-order valence-electron chi connectivity index (χ3n) is 2.39. The SMILES string of the molecule is O=C(O)c1ncsc1S(=O)(=O)N1CCNCC1. The van der Waals surface area contributed by atoms with Crippen LogP contribution in [0.5, 0.6) is 0 Å². The number of sulfonamides is 1. The first-order valence-electron chi connectivity index (χ1n) is 4.91. The highest BCUT2D eigenvalue weighted by atomic mass is 32.2. The minimum atomic E-state index is -3.73. The van der Waals surface area contributed by atoms with Gasteiger partial charge in [0.1, 0.15) is 0 Å². The summed E-state index contributed by atoms with van der Waals surface area (Å²) in [6.07, 6.45) is 0. The van der Waals surface area contributed by atoms with E-state index in [4.69, 9.17) is 5.11 Å². The van der Waals surface area contributed by atoms with Crippen molar-refractivity contribution in [1.82, 2.24) is 14.6 Å². The highest BCUT2D eigenvalue weighted by Crippen LogP contribution is 2.24. The number of carboxylic acid groups (broad SMARTS) is 1. The number of nitrogens with zero attached hydrogens (tertiary/aromatic N) is 2. The molecule has 1 saturated heterocycles. The van der Waals surface area contributed by atoms with Crippen LogP contribution >= 0.6 is 11.3 Å². The molecule has 0 unspecified atom stereocenters. The first-order valence-corrected chi connectivity index (χ1v) is 7.23. The topological polar surface area (TPSA) is 99.6 Å². The predicted molar refractivity (Wildman–Crippen MR) is 60.7 cm³/mol. The Morgan fingerprint density at radius 2 is 2.12 bits per heavy atom. The summed E-state index contributed by atoms with van der Waals surface area (Å²) in [5, 5.41) is 11.9. The Morgan fingerprint density at radius 1 is 1.47 bits per heavy atom. The van der Waals surface area contributed by atoms with Gasteiger partial charge in [0.15, 0.2) is 9.90 Å². The molecule has 1 aliphatic heterocycles. The quantitative estimate of drug-likeness (QED) is 0.768. The van der Waals surface area contributed by atoms with Crippen LogP contribution in [-0.2, 0) is 10.0 Å². The molecule has 17 heavy (non-hydrogen) atoms. The minimum Gasteiger partial charge on any atom is -0.476 e. The molecule has 0 aliphatic carbocycles. The summed E-state index contributed by atoms with van der Waals surface area (Å²) >= 11 is 0.836. The van der Waals surface area contributed by atoms with Crippen LogP contribution in [0.3, 0.4) is 0 Å². The Hall–Kier alpha value is -1.03. The minimum absolute atomic E-state index is 0.188. The van der Waals surface area contributed by atoms with Gasteiger partial charge in [-0.05, 0) is 0 Å². The molecule has 1 fully saturated rings. The standard InChI is InChI=1S/C8H11N3O4S2/c12-7(13)6-8(16-5-10-6)17(14,15)11-3-1-9-2-4-11/h5,9H,1-4H2,(H,12,13). The molecule has 2 heterocycles. The van der Waals surface area contributed by atoms with Gasteiger partial charge >= 0.3 is 5.97 Å². The number of hydrogen-bond donors (Lipinski definition) is 2. The lowest BCUT2D eigenvalue weighted by Gasteiger charge is -2.25. The second kappa shape index (κ2) is 4.69. The van der Waals surface area contributed by atoms with Crippen molar-refractivity contribution in [3.63, 3.8) is 0 Å². The summed E-state index contributed by atoms with van der Waals surface area (Å²) in [5.41, 5.74) is 0.840. The summed E-state index contributed by atoms with van der Waals surface area (Å²) in [6, 6.07) is 0. The number of aromatic carboxylic acids is 1. The van der Waals surface area contributed by atoms with Crippen molar-refractivity contribution in [2.75, 3.05) is 26.2 Å². The van der Waals surface area contributed by atoms with Crippen molar-refractivity contribution >= 4 is 27.3 Å². The second-order valence-corrected chi connectivity index (χ2v) is 6.44. The average molecular weight is 277 g/mol. The van der Waals surface area contributed by atoms with Crippen LogP contribution in [0, 0.1) is 0 Å². The summed E-state index contributed by atoms with van der Waals surface area (Å²) in [4.78, 5) is 14.4. The zero-order valence-corrected chi connectivity index (χ0v) is 10.4. The molecule has 0 spiro atoms. The molecule has 0 atom stereocenters. The lowest BCUT2D eigenvalue weighted by Crippen LogP contribution is -2.46. The number of rotatable bonds is 3. The second-order valence-electron chi connectivity index (χ2n) is 3.45. The molecule has 9 heteroatoms. The summed E-state index contributed by atoms with van der Waals surface area (Å²) in [6.45, 7) is 1.83. The van der Waals surface area contributed by atoms with Crippen LogP contribution in [0.15, 0.2) is 9.72 Å². The molecule has 2 rings (SSSR count). The average Bonchev–Trinajstić information content (AvgIpc) is 2.80. The molecule has 1 aromatic rings. The van der Waals surface area contributed by atoms with E-state index in [9.17, 15) is 13.2 Å². The number of piperazine rings is 1. The molecule has 1 aliphatic rings. The van der Waals surface area contributed by atoms with E-state index in [2.05, 4.69) is 10.3 Å². The van der Waals surface area contributed by atoms with Crippen molar-refractivity contribution in [3.8, 4) is 0 Å². The van der Waals surface area contributed by atoms with E-state index in [0.717, 1.165) is 11.3 Å². The fourth-order valence-corrected chi connectivity index (χ4v) is 4.28. The van der Waals surface area contributed by atoms with Crippen molar-refractivity contribution in [2.45, 2.75) is 4.21 Å². The zero-order valence-electron chi connectivity index (χ0n) is 8.79. The van der Waals surface area contributed by atoms with E-state index in [0.29, 0.717) is 26.2 Å². The third-order valence-corrected chi connectivity index (χ3v) is 5.63. The molecule has 2 N–H and O–H groups in total. The first kappa shape index (κ1) is 12.4.